The van der Waals surface area contributed by atoms with Crippen LogP contribution in [0.5, 0.6) is 0 Å². The van der Waals surface area contributed by atoms with Gasteiger partial charge in [-0.05, 0) is 50.6 Å². The molecule has 2 aromatic carbocycles. The second kappa shape index (κ2) is 5.43. The number of hydrogen-bond donors (Lipinski definition) is 1. The molecule has 0 atom stereocenters. The summed E-state index contributed by atoms with van der Waals surface area (Å²) in [5, 5.41) is 9.07. The molecule has 0 fully saturated rings. The Bertz CT molecular complexity index is 875. The van der Waals surface area contributed by atoms with Crippen molar-refractivity contribution in [2.24, 2.45) is 0 Å². The van der Waals surface area contributed by atoms with Gasteiger partial charge in [0.25, 0.3) is 0 Å². The van der Waals surface area contributed by atoms with Gasteiger partial charge < -0.3 is 5.32 Å². The van der Waals surface area contributed by atoms with Gasteiger partial charge in [0.15, 0.2) is 0 Å². The van der Waals surface area contributed by atoms with Crippen LogP contribution in [-0.2, 0) is 6.42 Å². The Morgan fingerprint density at radius 3 is 2.61 bits per heavy atom. The standard InChI is InChI=1S/C19H18ClN3/c1-12-8-13(2)10-14(9-12)18-17-6-7-21-19(17)23(22-18)16-5-3-4-15(20)11-16/h3-5,8-11,21H,6-7H2,1-2H3. The lowest BCUT2D eigenvalue weighted by atomic mass is 10.0. The van der Waals surface area contributed by atoms with Gasteiger partial charge in [-0.2, -0.15) is 5.10 Å². The van der Waals surface area contributed by atoms with Gasteiger partial charge in [0.05, 0.1) is 11.4 Å². The van der Waals surface area contributed by atoms with E-state index >= 15 is 0 Å². The number of rotatable bonds is 2. The first-order chi connectivity index (χ1) is 11.1. The van der Waals surface area contributed by atoms with Crippen LogP contribution in [0.2, 0.25) is 5.02 Å². The van der Waals surface area contributed by atoms with Gasteiger partial charge >= 0.3 is 0 Å². The Kier molecular flexibility index (Phi) is 3.38. The molecule has 0 bridgehead atoms. The fraction of sp³-hybridized carbons (Fsp3) is 0.211. The Balaban J connectivity index is 1.91. The fourth-order valence-corrected chi connectivity index (χ4v) is 3.50. The zero-order valence-corrected chi connectivity index (χ0v) is 14.0. The van der Waals surface area contributed by atoms with E-state index in [1.165, 1.54) is 22.3 Å². The minimum absolute atomic E-state index is 0.720. The second-order valence-corrected chi connectivity index (χ2v) is 6.56. The molecule has 0 radical (unpaired) electrons. The fourth-order valence-electron chi connectivity index (χ4n) is 3.31. The van der Waals surface area contributed by atoms with Crippen LogP contribution in [0.1, 0.15) is 16.7 Å². The first-order valence-corrected chi connectivity index (χ1v) is 8.20. The highest BCUT2D eigenvalue weighted by atomic mass is 35.5. The Morgan fingerprint density at radius 2 is 1.87 bits per heavy atom. The molecule has 3 aromatic rings. The first kappa shape index (κ1) is 14.3. The average molecular weight is 324 g/mol. The van der Waals surface area contributed by atoms with Gasteiger partial charge in [-0.3, -0.25) is 0 Å². The third kappa shape index (κ3) is 2.51. The molecule has 1 aliphatic rings. The number of nitrogens with one attached hydrogen (secondary N) is 1. The SMILES string of the molecule is Cc1cc(C)cc(-c2nn(-c3cccc(Cl)c3)c3c2CCN3)c1. The van der Waals surface area contributed by atoms with Crippen LogP contribution in [0.25, 0.3) is 16.9 Å². The summed E-state index contributed by atoms with van der Waals surface area (Å²) in [6.45, 7) is 5.21. The molecule has 0 saturated carbocycles. The molecular weight excluding hydrogens is 306 g/mol. The molecule has 0 saturated heterocycles. The number of benzene rings is 2. The van der Waals surface area contributed by atoms with Crippen molar-refractivity contribution in [3.05, 3.63) is 64.2 Å². The van der Waals surface area contributed by atoms with Crippen molar-refractivity contribution >= 4 is 17.4 Å². The van der Waals surface area contributed by atoms with Gasteiger partial charge in [-0.25, -0.2) is 4.68 Å². The minimum Gasteiger partial charge on any atom is -0.369 e. The Labute approximate surface area is 140 Å². The van der Waals surface area contributed by atoms with Crippen LogP contribution in [0.4, 0.5) is 5.82 Å². The zero-order chi connectivity index (χ0) is 16.0. The third-order valence-corrected chi connectivity index (χ3v) is 4.43. The quantitative estimate of drug-likeness (QED) is 0.735. The average Bonchev–Trinajstić information content (AvgIpc) is 3.07. The van der Waals surface area contributed by atoms with E-state index in [2.05, 4.69) is 37.4 Å². The summed E-state index contributed by atoms with van der Waals surface area (Å²) >= 11 is 6.15. The van der Waals surface area contributed by atoms with Gasteiger partial charge in [0, 0.05) is 22.7 Å². The molecule has 3 nitrogen and oxygen atoms in total. The topological polar surface area (TPSA) is 29.9 Å². The van der Waals surface area contributed by atoms with Crippen LogP contribution in [0.15, 0.2) is 42.5 Å². The maximum absolute atomic E-state index is 6.15. The molecule has 4 heteroatoms. The minimum atomic E-state index is 0.720. The summed E-state index contributed by atoms with van der Waals surface area (Å²) in [7, 11) is 0. The van der Waals surface area contributed by atoms with E-state index in [0.29, 0.717) is 0 Å². The van der Waals surface area contributed by atoms with Crippen molar-refractivity contribution in [2.75, 3.05) is 11.9 Å². The summed E-state index contributed by atoms with van der Waals surface area (Å²) in [6, 6.07) is 14.4. The van der Waals surface area contributed by atoms with E-state index in [-0.39, 0.29) is 0 Å². The Hall–Kier alpha value is -2.26. The lowest BCUT2D eigenvalue weighted by molar-refractivity contribution is 0.882. The predicted molar refractivity (Wildman–Crippen MR) is 95.7 cm³/mol. The zero-order valence-electron chi connectivity index (χ0n) is 13.2. The van der Waals surface area contributed by atoms with E-state index in [1.54, 1.807) is 0 Å². The number of aromatic nitrogens is 2. The number of fused-ring (bicyclic) bond motifs is 1. The molecule has 1 N–H and O–H groups in total. The van der Waals surface area contributed by atoms with Crippen LogP contribution in [-0.4, -0.2) is 16.3 Å². The third-order valence-electron chi connectivity index (χ3n) is 4.20. The highest BCUT2D eigenvalue weighted by molar-refractivity contribution is 6.30. The van der Waals surface area contributed by atoms with Gasteiger partial charge in [-0.15, -0.1) is 0 Å². The smallest absolute Gasteiger partial charge is 0.133 e. The van der Waals surface area contributed by atoms with Crippen LogP contribution < -0.4 is 5.32 Å². The lowest BCUT2D eigenvalue weighted by Gasteiger charge is -2.07. The predicted octanol–water partition coefficient (Wildman–Crippen LogP) is 4.78. The molecule has 0 unspecified atom stereocenters. The second-order valence-electron chi connectivity index (χ2n) is 6.12. The van der Waals surface area contributed by atoms with Crippen LogP contribution >= 0.6 is 11.6 Å². The maximum Gasteiger partial charge on any atom is 0.133 e. The molecule has 1 aromatic heterocycles. The van der Waals surface area contributed by atoms with Crippen LogP contribution in [0.3, 0.4) is 0 Å². The van der Waals surface area contributed by atoms with Gasteiger partial charge in [0.1, 0.15) is 5.82 Å². The summed E-state index contributed by atoms with van der Waals surface area (Å²) in [4.78, 5) is 0. The molecule has 0 spiro atoms. The number of nitrogens with zero attached hydrogens (tertiary/aromatic N) is 2. The van der Waals surface area contributed by atoms with E-state index in [0.717, 1.165) is 35.2 Å². The highest BCUT2D eigenvalue weighted by Gasteiger charge is 2.24. The van der Waals surface area contributed by atoms with Gasteiger partial charge in [-0.1, -0.05) is 34.9 Å². The molecule has 23 heavy (non-hydrogen) atoms. The summed E-state index contributed by atoms with van der Waals surface area (Å²) < 4.78 is 1.97. The summed E-state index contributed by atoms with van der Waals surface area (Å²) in [5.74, 6) is 1.08. The Morgan fingerprint density at radius 1 is 1.09 bits per heavy atom. The van der Waals surface area contributed by atoms with Gasteiger partial charge in [0.2, 0.25) is 0 Å². The van der Waals surface area contributed by atoms with Crippen molar-refractivity contribution in [3.8, 4) is 16.9 Å². The van der Waals surface area contributed by atoms with Crippen molar-refractivity contribution in [2.45, 2.75) is 20.3 Å². The number of aryl methyl sites for hydroxylation is 2. The van der Waals surface area contributed by atoms with E-state index in [4.69, 9.17) is 16.7 Å². The monoisotopic (exact) mass is 323 g/mol. The van der Waals surface area contributed by atoms with Crippen molar-refractivity contribution in [1.29, 1.82) is 0 Å². The molecule has 2 heterocycles. The summed E-state index contributed by atoms with van der Waals surface area (Å²) in [5.41, 5.74) is 7.04. The largest absolute Gasteiger partial charge is 0.369 e. The van der Waals surface area contributed by atoms with E-state index in [9.17, 15) is 0 Å². The summed E-state index contributed by atoms with van der Waals surface area (Å²) in [6.07, 6.45) is 0.998. The molecule has 0 amide bonds. The molecule has 0 aliphatic carbocycles. The number of halogens is 1. The number of anilines is 1. The molecule has 116 valence electrons. The molecule has 1 aliphatic heterocycles. The van der Waals surface area contributed by atoms with Crippen molar-refractivity contribution < 1.29 is 0 Å². The van der Waals surface area contributed by atoms with Crippen LogP contribution in [0, 0.1) is 13.8 Å². The highest BCUT2D eigenvalue weighted by Crippen LogP contribution is 2.35. The van der Waals surface area contributed by atoms with E-state index < -0.39 is 0 Å². The first-order valence-electron chi connectivity index (χ1n) is 7.82. The normalized spacial score (nSPS) is 13.0. The maximum atomic E-state index is 6.15. The number of hydrogen-bond acceptors (Lipinski definition) is 2. The molecular formula is C19H18ClN3. The van der Waals surface area contributed by atoms with Crippen molar-refractivity contribution in [1.82, 2.24) is 9.78 Å². The molecule has 4 rings (SSSR count). The lowest BCUT2D eigenvalue weighted by Crippen LogP contribution is -2.04. The van der Waals surface area contributed by atoms with E-state index in [1.807, 2.05) is 28.9 Å². The van der Waals surface area contributed by atoms with Crippen molar-refractivity contribution in [3.63, 3.8) is 0 Å².